The highest BCUT2D eigenvalue weighted by molar-refractivity contribution is 5.84. The van der Waals surface area contributed by atoms with Crippen molar-refractivity contribution in [2.24, 2.45) is 17.4 Å². The summed E-state index contributed by atoms with van der Waals surface area (Å²) in [6, 6.07) is 16.2. The van der Waals surface area contributed by atoms with Crippen LogP contribution in [-0.2, 0) is 20.1 Å². The van der Waals surface area contributed by atoms with Crippen LogP contribution in [0.5, 0.6) is 5.75 Å². The van der Waals surface area contributed by atoms with Crippen LogP contribution in [0, 0.1) is 9.81 Å². The topological polar surface area (TPSA) is 138 Å². The molecule has 3 heterocycles. The molecule has 10 nitrogen and oxygen atoms in total. The van der Waals surface area contributed by atoms with E-state index in [2.05, 4.69) is 37.9 Å². The molecule has 0 spiro atoms. The minimum Gasteiger partial charge on any atom is -0.504 e. The summed E-state index contributed by atoms with van der Waals surface area (Å²) >= 11 is 0. The molecule has 1 aliphatic heterocycles. The van der Waals surface area contributed by atoms with Crippen molar-refractivity contribution >= 4 is 22.4 Å². The van der Waals surface area contributed by atoms with E-state index in [1.54, 1.807) is 17.8 Å². The summed E-state index contributed by atoms with van der Waals surface area (Å²) < 4.78 is 1.61. The van der Waals surface area contributed by atoms with Crippen LogP contribution in [0.3, 0.4) is 0 Å². The van der Waals surface area contributed by atoms with E-state index in [-0.39, 0.29) is 17.1 Å². The summed E-state index contributed by atoms with van der Waals surface area (Å²) in [4.78, 5) is 29.8. The second-order valence-electron chi connectivity index (χ2n) is 8.46. The molecule has 0 saturated carbocycles. The number of benzene rings is 3. The number of hydrogen-bond donors (Lipinski definition) is 3. The summed E-state index contributed by atoms with van der Waals surface area (Å²) in [7, 11) is 1.76. The standard InChI is InChI=1S/C25H19N7O3/c1-32-23(25-27-19-9-16-11-26-12-17(16)10-20(19)28-25)24(33)22(29-32)14-4-2-13(3-5-14)15-6-7-18(30-34)21(8-15)31-35/h2-10,26,33H,11-12H2,1H3,(H,27,28). The lowest BCUT2D eigenvalue weighted by molar-refractivity contribution is 0.478. The fourth-order valence-corrected chi connectivity index (χ4v) is 4.56. The second-order valence-corrected chi connectivity index (χ2v) is 8.46. The highest BCUT2D eigenvalue weighted by Crippen LogP contribution is 2.39. The van der Waals surface area contributed by atoms with Crippen LogP contribution in [0.2, 0.25) is 0 Å². The van der Waals surface area contributed by atoms with E-state index in [0.717, 1.165) is 29.7 Å². The Balaban J connectivity index is 1.35. The zero-order valence-electron chi connectivity index (χ0n) is 18.6. The van der Waals surface area contributed by atoms with Crippen LogP contribution in [0.25, 0.3) is 44.9 Å². The Morgan fingerprint density at radius 2 is 1.57 bits per heavy atom. The molecule has 0 atom stereocenters. The molecule has 0 radical (unpaired) electrons. The number of aromatic amines is 1. The van der Waals surface area contributed by atoms with Crippen molar-refractivity contribution in [3.8, 4) is 39.7 Å². The number of hydrogen-bond acceptors (Lipinski definition) is 8. The first-order chi connectivity index (χ1) is 17.1. The average molecular weight is 465 g/mol. The molecule has 0 saturated heterocycles. The van der Waals surface area contributed by atoms with Crippen LogP contribution < -0.4 is 5.32 Å². The molecular weight excluding hydrogens is 446 g/mol. The van der Waals surface area contributed by atoms with E-state index in [0.29, 0.717) is 28.3 Å². The maximum Gasteiger partial charge on any atom is 0.173 e. The maximum absolute atomic E-state index is 11.1. The van der Waals surface area contributed by atoms with Crippen molar-refractivity contribution < 1.29 is 5.11 Å². The Bertz CT molecular complexity index is 1590. The zero-order chi connectivity index (χ0) is 24.1. The Kier molecular flexibility index (Phi) is 4.75. The third-order valence-corrected chi connectivity index (χ3v) is 6.34. The SMILES string of the molecule is Cn1nc(-c2ccc(-c3ccc(N=O)c(N=O)c3)cc2)c(O)c1-c1nc2cc3c(cc2[nH]1)CNC3. The van der Waals surface area contributed by atoms with Crippen molar-refractivity contribution in [2.45, 2.75) is 13.1 Å². The molecule has 1 aliphatic rings. The molecule has 2 aromatic heterocycles. The molecule has 5 aromatic rings. The average Bonchev–Trinajstić information content (AvgIpc) is 3.58. The number of nitrogens with one attached hydrogen (secondary N) is 2. The van der Waals surface area contributed by atoms with Crippen LogP contribution in [-0.4, -0.2) is 24.9 Å². The van der Waals surface area contributed by atoms with Gasteiger partial charge in [0.15, 0.2) is 11.6 Å². The van der Waals surface area contributed by atoms with Gasteiger partial charge in [-0.3, -0.25) is 4.68 Å². The number of rotatable bonds is 5. The lowest BCUT2D eigenvalue weighted by Gasteiger charge is -2.05. The molecule has 35 heavy (non-hydrogen) atoms. The van der Waals surface area contributed by atoms with Gasteiger partial charge in [-0.05, 0) is 56.9 Å². The van der Waals surface area contributed by atoms with Gasteiger partial charge in [0.25, 0.3) is 0 Å². The van der Waals surface area contributed by atoms with Crippen molar-refractivity contribution in [3.05, 3.63) is 75.5 Å². The van der Waals surface area contributed by atoms with E-state index in [9.17, 15) is 14.9 Å². The normalized spacial score (nSPS) is 12.7. The lowest BCUT2D eigenvalue weighted by atomic mass is 10.0. The van der Waals surface area contributed by atoms with Gasteiger partial charge in [-0.15, -0.1) is 9.81 Å². The fourth-order valence-electron chi connectivity index (χ4n) is 4.56. The largest absolute Gasteiger partial charge is 0.504 e. The molecule has 0 bridgehead atoms. The van der Waals surface area contributed by atoms with Gasteiger partial charge in [-0.25, -0.2) is 4.98 Å². The van der Waals surface area contributed by atoms with Gasteiger partial charge in [0, 0.05) is 25.7 Å². The third-order valence-electron chi connectivity index (χ3n) is 6.34. The van der Waals surface area contributed by atoms with Gasteiger partial charge < -0.3 is 15.4 Å². The van der Waals surface area contributed by atoms with E-state index in [1.165, 1.54) is 23.3 Å². The Morgan fingerprint density at radius 1 is 0.886 bits per heavy atom. The Hall–Kier alpha value is -4.70. The van der Waals surface area contributed by atoms with E-state index in [1.807, 2.05) is 24.3 Å². The van der Waals surface area contributed by atoms with Gasteiger partial charge in [0.05, 0.1) is 11.0 Å². The maximum atomic E-state index is 11.1. The fraction of sp³-hybridized carbons (Fsp3) is 0.120. The molecule has 3 N–H and O–H groups in total. The highest BCUT2D eigenvalue weighted by atomic mass is 16.3. The first kappa shape index (κ1) is 20.9. The van der Waals surface area contributed by atoms with Crippen LogP contribution in [0.1, 0.15) is 11.1 Å². The molecule has 0 fully saturated rings. The number of imidazole rings is 1. The minimum atomic E-state index is -0.0130. The highest BCUT2D eigenvalue weighted by Gasteiger charge is 2.22. The van der Waals surface area contributed by atoms with Crippen LogP contribution >= 0.6 is 0 Å². The summed E-state index contributed by atoms with van der Waals surface area (Å²) in [6.45, 7) is 1.66. The van der Waals surface area contributed by atoms with Crippen molar-refractivity contribution in [2.75, 3.05) is 0 Å². The molecule has 3 aromatic carbocycles. The van der Waals surface area contributed by atoms with Gasteiger partial charge in [-0.1, -0.05) is 30.3 Å². The molecule has 10 heteroatoms. The molecular formula is C25H19N7O3. The Labute approximate surface area is 198 Å². The van der Waals surface area contributed by atoms with Crippen molar-refractivity contribution in [3.63, 3.8) is 0 Å². The number of nitrogens with zero attached hydrogens (tertiary/aromatic N) is 5. The number of aryl methyl sites for hydroxylation is 1. The number of nitroso groups, excluding NO2 is 2. The summed E-state index contributed by atoms with van der Waals surface area (Å²) in [5.41, 5.74) is 7.39. The van der Waals surface area contributed by atoms with Crippen LogP contribution in [0.4, 0.5) is 11.4 Å². The van der Waals surface area contributed by atoms with Gasteiger partial charge in [0.1, 0.15) is 22.8 Å². The van der Waals surface area contributed by atoms with E-state index < -0.39 is 0 Å². The minimum absolute atomic E-state index is 0.00169. The van der Waals surface area contributed by atoms with E-state index >= 15 is 0 Å². The summed E-state index contributed by atoms with van der Waals surface area (Å²) in [5.74, 6) is 0.576. The summed E-state index contributed by atoms with van der Waals surface area (Å²) in [6.07, 6.45) is 0. The smallest absolute Gasteiger partial charge is 0.173 e. The Morgan fingerprint density at radius 3 is 2.31 bits per heavy atom. The number of aromatic nitrogens is 4. The van der Waals surface area contributed by atoms with Crippen molar-refractivity contribution in [1.82, 2.24) is 25.1 Å². The summed E-state index contributed by atoms with van der Waals surface area (Å²) in [5, 5.41) is 24.6. The molecule has 0 unspecified atom stereocenters. The van der Waals surface area contributed by atoms with Crippen molar-refractivity contribution in [1.29, 1.82) is 0 Å². The lowest BCUT2D eigenvalue weighted by Crippen LogP contribution is -1.99. The molecule has 6 rings (SSSR count). The monoisotopic (exact) mass is 465 g/mol. The first-order valence-corrected chi connectivity index (χ1v) is 11.0. The quantitative estimate of drug-likeness (QED) is 0.297. The second kappa shape index (κ2) is 7.96. The molecule has 0 amide bonds. The predicted molar refractivity (Wildman–Crippen MR) is 132 cm³/mol. The first-order valence-electron chi connectivity index (χ1n) is 11.0. The third kappa shape index (κ3) is 3.39. The molecule has 0 aliphatic carbocycles. The number of aromatic hydroxyl groups is 1. The number of fused-ring (bicyclic) bond motifs is 2. The van der Waals surface area contributed by atoms with Crippen LogP contribution in [0.15, 0.2) is 65.0 Å². The van der Waals surface area contributed by atoms with Gasteiger partial charge in [-0.2, -0.15) is 5.10 Å². The van der Waals surface area contributed by atoms with Gasteiger partial charge in [0.2, 0.25) is 0 Å². The molecule has 172 valence electrons. The number of H-pyrrole nitrogens is 1. The zero-order valence-corrected chi connectivity index (χ0v) is 18.6. The van der Waals surface area contributed by atoms with E-state index in [4.69, 9.17) is 4.98 Å². The van der Waals surface area contributed by atoms with Gasteiger partial charge >= 0.3 is 0 Å². The predicted octanol–water partition coefficient (Wildman–Crippen LogP) is 5.40.